The first-order chi connectivity index (χ1) is 15.9. The normalized spacial score (nSPS) is 25.2. The zero-order valence-corrected chi connectivity index (χ0v) is 29.6. The lowest BCUT2D eigenvalue weighted by Crippen LogP contribution is -2.77. The summed E-state index contributed by atoms with van der Waals surface area (Å²) in [6.45, 7) is 32.6. The Morgan fingerprint density at radius 2 is 1.14 bits per heavy atom. The highest BCUT2D eigenvalue weighted by Gasteiger charge is 2.86. The first-order valence-electron chi connectivity index (χ1n) is 13.7. The standard InChI is InChI=1S/C29H50OSi5/c1-31(2,3)28(32(4,5)6)22-23-29(33(7,8)9,34(10,11)12)35(28)26-21-17-16-20-25(26)27(30-35)24-18-14-13-15-19-24/h13-21,26H,22-23H2,1-12H3/t26-/m0/s1. The van der Waals surface area contributed by atoms with Crippen molar-refractivity contribution in [2.24, 2.45) is 0 Å². The van der Waals surface area contributed by atoms with E-state index in [2.05, 4.69) is 133 Å². The minimum Gasteiger partial charge on any atom is -0.542 e. The average molecular weight is 555 g/mol. The first-order valence-corrected chi connectivity index (χ1v) is 29.7. The van der Waals surface area contributed by atoms with Crippen molar-refractivity contribution in [2.75, 3.05) is 0 Å². The van der Waals surface area contributed by atoms with Crippen molar-refractivity contribution in [1.29, 1.82) is 0 Å². The molecule has 0 bridgehead atoms. The van der Waals surface area contributed by atoms with Crippen LogP contribution in [0.4, 0.5) is 0 Å². The second-order valence-corrected chi connectivity index (χ2v) is 43.9. The molecule has 35 heavy (non-hydrogen) atoms. The molecule has 0 radical (unpaired) electrons. The maximum atomic E-state index is 8.14. The van der Waals surface area contributed by atoms with Crippen LogP contribution in [0, 0.1) is 0 Å². The third-order valence-electron chi connectivity index (χ3n) is 10.3. The smallest absolute Gasteiger partial charge is 0.264 e. The quantitative estimate of drug-likeness (QED) is 0.329. The summed E-state index contributed by atoms with van der Waals surface area (Å²) in [6.07, 6.45) is 12.6. The average Bonchev–Trinajstić information content (AvgIpc) is 3.23. The molecule has 1 aromatic carbocycles. The molecule has 2 heterocycles. The number of hydrogen-bond donors (Lipinski definition) is 0. The van der Waals surface area contributed by atoms with Crippen molar-refractivity contribution >= 4 is 46.4 Å². The van der Waals surface area contributed by atoms with Gasteiger partial charge in [-0.2, -0.15) is 0 Å². The van der Waals surface area contributed by atoms with Crippen LogP contribution in [0.5, 0.6) is 0 Å². The topological polar surface area (TPSA) is 9.23 Å². The molecule has 192 valence electrons. The Labute approximate surface area is 221 Å². The zero-order valence-electron chi connectivity index (χ0n) is 24.6. The van der Waals surface area contributed by atoms with E-state index in [1.807, 2.05) is 0 Å². The van der Waals surface area contributed by atoms with Crippen LogP contribution in [-0.2, 0) is 4.43 Å². The van der Waals surface area contributed by atoms with Gasteiger partial charge in [0.1, 0.15) is 5.76 Å². The van der Waals surface area contributed by atoms with Crippen molar-refractivity contribution in [1.82, 2.24) is 0 Å². The summed E-state index contributed by atoms with van der Waals surface area (Å²) in [7, 11) is -9.01. The van der Waals surface area contributed by atoms with E-state index >= 15 is 0 Å². The molecule has 6 heteroatoms. The van der Waals surface area contributed by atoms with Crippen molar-refractivity contribution in [3.8, 4) is 0 Å². The van der Waals surface area contributed by atoms with Gasteiger partial charge in [0.25, 0.3) is 8.32 Å². The van der Waals surface area contributed by atoms with Gasteiger partial charge in [-0.05, 0) is 8.57 Å². The maximum absolute atomic E-state index is 8.14. The van der Waals surface area contributed by atoms with Crippen LogP contribution in [0.1, 0.15) is 18.4 Å². The molecule has 1 nitrogen and oxygen atoms in total. The van der Waals surface area contributed by atoms with Gasteiger partial charge in [0.2, 0.25) is 0 Å². The van der Waals surface area contributed by atoms with Crippen LogP contribution in [0.2, 0.25) is 92.7 Å². The van der Waals surface area contributed by atoms with E-state index in [-0.39, 0.29) is 0 Å². The van der Waals surface area contributed by atoms with Crippen LogP contribution in [0.25, 0.3) is 5.76 Å². The molecule has 1 aromatic rings. The molecule has 4 rings (SSSR count). The Balaban J connectivity index is 2.19. The van der Waals surface area contributed by atoms with E-state index in [9.17, 15) is 0 Å². The van der Waals surface area contributed by atoms with Gasteiger partial charge in [-0.1, -0.05) is 146 Å². The highest BCUT2D eigenvalue weighted by Crippen LogP contribution is 2.81. The molecular formula is C29H50OSi5. The van der Waals surface area contributed by atoms with Gasteiger partial charge in [-0.25, -0.2) is 0 Å². The molecule has 1 saturated heterocycles. The summed E-state index contributed by atoms with van der Waals surface area (Å²) >= 11 is 0. The molecule has 1 fully saturated rings. The maximum Gasteiger partial charge on any atom is 0.264 e. The minimum absolute atomic E-state index is 0.426. The number of allylic oxidation sites excluding steroid dienone is 5. The SMILES string of the molecule is C[Si](C)(C)C1([Si](C)(C)C)CCC([Si](C)(C)C)([Si](C)(C)C)[Si]12OC(c1ccccc1)=C1C=CC=C[C@@H]12. The number of hydrogen-bond acceptors (Lipinski definition) is 1. The Bertz CT molecular complexity index is 1000. The predicted octanol–water partition coefficient (Wildman–Crippen LogP) is 9.65. The van der Waals surface area contributed by atoms with E-state index in [1.54, 1.807) is 0 Å². The van der Waals surface area contributed by atoms with Gasteiger partial charge in [0, 0.05) is 49.0 Å². The van der Waals surface area contributed by atoms with Crippen LogP contribution >= 0.6 is 0 Å². The summed E-state index contributed by atoms with van der Waals surface area (Å²) in [5, 5.41) is 0. The second-order valence-electron chi connectivity index (χ2n) is 15.5. The van der Waals surface area contributed by atoms with Gasteiger partial charge < -0.3 is 4.43 Å². The summed E-state index contributed by atoms with van der Waals surface area (Å²) in [5.74, 6) is 1.24. The molecular weight excluding hydrogens is 505 g/mol. The van der Waals surface area contributed by atoms with Gasteiger partial charge >= 0.3 is 0 Å². The summed E-state index contributed by atoms with van der Waals surface area (Å²) in [6, 6.07) is 11.1. The van der Waals surface area contributed by atoms with E-state index in [0.29, 0.717) is 14.1 Å². The van der Waals surface area contributed by atoms with Crippen LogP contribution < -0.4 is 0 Å². The summed E-state index contributed by atoms with van der Waals surface area (Å²) in [4.78, 5) is 0. The summed E-state index contributed by atoms with van der Waals surface area (Å²) < 4.78 is 8.99. The van der Waals surface area contributed by atoms with Gasteiger partial charge in [0.15, 0.2) is 0 Å². The number of fused-ring (bicyclic) bond motifs is 2. The molecule has 0 saturated carbocycles. The fraction of sp³-hybridized carbons (Fsp3) is 0.586. The van der Waals surface area contributed by atoms with E-state index in [1.165, 1.54) is 29.7 Å². The third kappa shape index (κ3) is 3.38. The van der Waals surface area contributed by atoms with Crippen molar-refractivity contribution in [3.63, 3.8) is 0 Å². The molecule has 0 unspecified atom stereocenters. The second kappa shape index (κ2) is 8.16. The van der Waals surface area contributed by atoms with Gasteiger partial charge in [-0.15, -0.1) is 0 Å². The predicted molar refractivity (Wildman–Crippen MR) is 170 cm³/mol. The highest BCUT2D eigenvalue weighted by atomic mass is 28.5. The number of rotatable bonds is 5. The van der Waals surface area contributed by atoms with E-state index in [4.69, 9.17) is 4.43 Å². The summed E-state index contributed by atoms with van der Waals surface area (Å²) in [5.41, 5.74) is 3.29. The minimum atomic E-state index is -2.44. The highest BCUT2D eigenvalue weighted by molar-refractivity contribution is 7.26. The van der Waals surface area contributed by atoms with Crippen LogP contribution in [0.3, 0.4) is 0 Å². The van der Waals surface area contributed by atoms with Gasteiger partial charge in [0.05, 0.1) is 0 Å². The Morgan fingerprint density at radius 1 is 0.686 bits per heavy atom. The largest absolute Gasteiger partial charge is 0.542 e. The van der Waals surface area contributed by atoms with E-state index in [0.717, 1.165) is 0 Å². The van der Waals surface area contributed by atoms with Crippen LogP contribution in [-0.4, -0.2) is 40.6 Å². The fourth-order valence-electron chi connectivity index (χ4n) is 10.0. The Hall–Kier alpha value is -0.676. The molecule has 1 atom stereocenters. The molecule has 1 spiro atoms. The third-order valence-corrected chi connectivity index (χ3v) is 48.9. The molecule has 2 aliphatic heterocycles. The lowest BCUT2D eigenvalue weighted by atomic mass is 10.0. The zero-order chi connectivity index (χ0) is 26.3. The van der Waals surface area contributed by atoms with E-state index < -0.39 is 40.6 Å². The Kier molecular flexibility index (Phi) is 6.38. The molecule has 0 aromatic heterocycles. The van der Waals surface area contributed by atoms with Crippen molar-refractivity contribution in [2.45, 2.75) is 106 Å². The monoisotopic (exact) mass is 554 g/mol. The molecule has 1 aliphatic carbocycles. The molecule has 0 amide bonds. The number of benzene rings is 1. The van der Waals surface area contributed by atoms with Crippen LogP contribution in [0.15, 0.2) is 60.2 Å². The first kappa shape index (κ1) is 27.4. The lowest BCUT2D eigenvalue weighted by molar-refractivity contribution is 0.486. The molecule has 0 N–H and O–H groups in total. The Morgan fingerprint density at radius 3 is 1.57 bits per heavy atom. The van der Waals surface area contributed by atoms with Crippen molar-refractivity contribution < 1.29 is 4.43 Å². The molecule has 3 aliphatic rings. The fourth-order valence-corrected chi connectivity index (χ4v) is 60.7. The van der Waals surface area contributed by atoms with Crippen molar-refractivity contribution in [3.05, 3.63) is 65.8 Å². The van der Waals surface area contributed by atoms with Gasteiger partial charge in [-0.3, -0.25) is 0 Å². The lowest BCUT2D eigenvalue weighted by Gasteiger charge is -2.66.